The van der Waals surface area contributed by atoms with Gasteiger partial charge in [-0.3, -0.25) is 9.69 Å². The lowest BCUT2D eigenvalue weighted by atomic mass is 10.1. The fourth-order valence-corrected chi connectivity index (χ4v) is 3.53. The summed E-state index contributed by atoms with van der Waals surface area (Å²) in [6.07, 6.45) is -0.303. The van der Waals surface area contributed by atoms with E-state index < -0.39 is 0 Å². The summed E-state index contributed by atoms with van der Waals surface area (Å²) in [5, 5.41) is 5.39. The van der Waals surface area contributed by atoms with Crippen molar-refractivity contribution in [3.63, 3.8) is 0 Å². The Kier molecular flexibility index (Phi) is 3.35. The normalized spacial score (nSPS) is 16.8. The summed E-state index contributed by atoms with van der Waals surface area (Å²) < 4.78 is 13.2. The van der Waals surface area contributed by atoms with Crippen LogP contribution in [0.4, 0.5) is 15.8 Å². The Balaban J connectivity index is 1.85. The topological polar surface area (TPSA) is 32.3 Å². The number of carbonyl (C=O) groups is 1. The van der Waals surface area contributed by atoms with Crippen LogP contribution in [0.1, 0.15) is 21.4 Å². The summed E-state index contributed by atoms with van der Waals surface area (Å²) in [6, 6.07) is 17.4. The molecule has 114 valence electrons. The standard InChI is InChI=1S/C18H13FN2OS/c19-12-7-9-13(10-8-12)21-17(16-6-3-11-23-16)20-15-5-2-1-4-14(15)18(21)22/h1-11,17,20H. The zero-order valence-electron chi connectivity index (χ0n) is 12.1. The van der Waals surface area contributed by atoms with E-state index in [4.69, 9.17) is 0 Å². The number of hydrogen-bond donors (Lipinski definition) is 1. The Morgan fingerprint density at radius 2 is 1.78 bits per heavy atom. The second-order valence-electron chi connectivity index (χ2n) is 5.26. The van der Waals surface area contributed by atoms with E-state index in [-0.39, 0.29) is 17.9 Å². The van der Waals surface area contributed by atoms with E-state index in [1.807, 2.05) is 35.7 Å². The van der Waals surface area contributed by atoms with Crippen molar-refractivity contribution in [2.24, 2.45) is 0 Å². The van der Waals surface area contributed by atoms with E-state index in [2.05, 4.69) is 5.32 Å². The Labute approximate surface area is 137 Å². The van der Waals surface area contributed by atoms with Crippen LogP contribution in [0.2, 0.25) is 0 Å². The number of rotatable bonds is 2. The van der Waals surface area contributed by atoms with E-state index in [0.29, 0.717) is 11.3 Å². The van der Waals surface area contributed by atoms with Crippen molar-refractivity contribution < 1.29 is 9.18 Å². The van der Waals surface area contributed by atoms with Crippen LogP contribution >= 0.6 is 11.3 Å². The molecule has 1 amide bonds. The molecule has 0 bridgehead atoms. The van der Waals surface area contributed by atoms with Gasteiger partial charge in [0.25, 0.3) is 5.91 Å². The molecule has 1 aromatic heterocycles. The first kappa shape index (κ1) is 14.0. The van der Waals surface area contributed by atoms with E-state index >= 15 is 0 Å². The van der Waals surface area contributed by atoms with Crippen LogP contribution in [0.5, 0.6) is 0 Å². The van der Waals surface area contributed by atoms with Crippen molar-refractivity contribution in [3.05, 3.63) is 82.3 Å². The lowest BCUT2D eigenvalue weighted by Gasteiger charge is -2.37. The van der Waals surface area contributed by atoms with Gasteiger partial charge in [0.05, 0.1) is 5.56 Å². The van der Waals surface area contributed by atoms with Crippen LogP contribution in [-0.4, -0.2) is 5.91 Å². The Hall–Kier alpha value is -2.66. The van der Waals surface area contributed by atoms with Crippen molar-refractivity contribution in [3.8, 4) is 0 Å². The summed E-state index contributed by atoms with van der Waals surface area (Å²) in [6.45, 7) is 0. The number of anilines is 2. The number of halogens is 1. The first-order valence-corrected chi connectivity index (χ1v) is 8.10. The minimum Gasteiger partial charge on any atom is -0.360 e. The second-order valence-corrected chi connectivity index (χ2v) is 6.24. The SMILES string of the molecule is O=C1c2ccccc2NC(c2cccs2)N1c1ccc(F)cc1. The maximum Gasteiger partial charge on any atom is 0.262 e. The fourth-order valence-electron chi connectivity index (χ4n) is 2.77. The Bertz CT molecular complexity index is 846. The molecular formula is C18H13FN2OS. The van der Waals surface area contributed by atoms with Gasteiger partial charge < -0.3 is 5.32 Å². The molecule has 3 aromatic rings. The maximum atomic E-state index is 13.2. The lowest BCUT2D eigenvalue weighted by Crippen LogP contribution is -2.42. The molecule has 1 aliphatic heterocycles. The number of hydrogen-bond acceptors (Lipinski definition) is 3. The number of nitrogens with zero attached hydrogens (tertiary/aromatic N) is 1. The van der Waals surface area contributed by atoms with E-state index in [9.17, 15) is 9.18 Å². The third kappa shape index (κ3) is 2.39. The van der Waals surface area contributed by atoms with Crippen molar-refractivity contribution in [2.45, 2.75) is 6.17 Å². The van der Waals surface area contributed by atoms with Gasteiger partial charge in [-0.2, -0.15) is 0 Å². The predicted molar refractivity (Wildman–Crippen MR) is 90.3 cm³/mol. The van der Waals surface area contributed by atoms with Crippen molar-refractivity contribution in [2.75, 3.05) is 10.2 Å². The highest BCUT2D eigenvalue weighted by Gasteiger charge is 2.34. The molecule has 0 spiro atoms. The summed E-state index contributed by atoms with van der Waals surface area (Å²) in [4.78, 5) is 15.7. The van der Waals surface area contributed by atoms with Crippen LogP contribution in [0.25, 0.3) is 0 Å². The average Bonchev–Trinajstić information content (AvgIpc) is 3.10. The average molecular weight is 324 g/mol. The van der Waals surface area contributed by atoms with Gasteiger partial charge in [-0.1, -0.05) is 18.2 Å². The zero-order valence-corrected chi connectivity index (χ0v) is 12.9. The number of carbonyl (C=O) groups excluding carboxylic acids is 1. The van der Waals surface area contributed by atoms with Gasteiger partial charge in [-0.25, -0.2) is 4.39 Å². The summed E-state index contributed by atoms with van der Waals surface area (Å²) in [5.74, 6) is -0.413. The molecule has 0 radical (unpaired) electrons. The molecule has 0 fully saturated rings. The molecule has 5 heteroatoms. The second kappa shape index (κ2) is 5.52. The minimum atomic E-state index is -0.320. The van der Waals surface area contributed by atoms with Gasteiger partial charge in [0.2, 0.25) is 0 Å². The number of benzene rings is 2. The van der Waals surface area contributed by atoms with E-state index in [0.717, 1.165) is 10.6 Å². The van der Waals surface area contributed by atoms with E-state index in [1.165, 1.54) is 12.1 Å². The van der Waals surface area contributed by atoms with Gasteiger partial charge >= 0.3 is 0 Å². The molecular weight excluding hydrogens is 311 g/mol. The van der Waals surface area contributed by atoms with Crippen LogP contribution < -0.4 is 10.2 Å². The Morgan fingerprint density at radius 1 is 1.00 bits per heavy atom. The molecule has 23 heavy (non-hydrogen) atoms. The predicted octanol–water partition coefficient (Wildman–Crippen LogP) is 4.66. The minimum absolute atomic E-state index is 0.0932. The van der Waals surface area contributed by atoms with Crippen molar-refractivity contribution in [1.82, 2.24) is 0 Å². The van der Waals surface area contributed by atoms with Crippen LogP contribution in [-0.2, 0) is 0 Å². The first-order chi connectivity index (χ1) is 11.2. The summed E-state index contributed by atoms with van der Waals surface area (Å²) in [5.41, 5.74) is 2.09. The van der Waals surface area contributed by atoms with Crippen molar-refractivity contribution >= 4 is 28.6 Å². The molecule has 0 saturated heterocycles. The smallest absolute Gasteiger partial charge is 0.262 e. The first-order valence-electron chi connectivity index (χ1n) is 7.22. The zero-order chi connectivity index (χ0) is 15.8. The third-order valence-electron chi connectivity index (χ3n) is 3.84. The molecule has 2 heterocycles. The summed E-state index contributed by atoms with van der Waals surface area (Å²) in [7, 11) is 0. The largest absolute Gasteiger partial charge is 0.360 e. The van der Waals surface area contributed by atoms with Crippen LogP contribution in [0.3, 0.4) is 0 Å². The summed E-state index contributed by atoms with van der Waals surface area (Å²) >= 11 is 1.58. The Morgan fingerprint density at radius 3 is 2.52 bits per heavy atom. The lowest BCUT2D eigenvalue weighted by molar-refractivity contribution is 0.0975. The molecule has 4 rings (SSSR count). The highest BCUT2D eigenvalue weighted by molar-refractivity contribution is 7.10. The van der Waals surface area contributed by atoms with Gasteiger partial charge in [-0.05, 0) is 47.8 Å². The van der Waals surface area contributed by atoms with Gasteiger partial charge in [0.1, 0.15) is 12.0 Å². The number of nitrogens with one attached hydrogen (secondary N) is 1. The van der Waals surface area contributed by atoms with Crippen molar-refractivity contribution in [1.29, 1.82) is 0 Å². The van der Waals surface area contributed by atoms with E-state index in [1.54, 1.807) is 34.4 Å². The number of para-hydroxylation sites is 1. The quantitative estimate of drug-likeness (QED) is 0.743. The molecule has 3 nitrogen and oxygen atoms in total. The third-order valence-corrected chi connectivity index (χ3v) is 4.77. The van der Waals surface area contributed by atoms with Crippen LogP contribution in [0.15, 0.2) is 66.0 Å². The van der Waals surface area contributed by atoms with Gasteiger partial charge in [0, 0.05) is 16.3 Å². The molecule has 1 N–H and O–H groups in total. The molecule has 1 atom stereocenters. The number of fused-ring (bicyclic) bond motifs is 1. The molecule has 0 saturated carbocycles. The maximum absolute atomic E-state index is 13.2. The van der Waals surface area contributed by atoms with Gasteiger partial charge in [-0.15, -0.1) is 11.3 Å². The molecule has 1 aliphatic rings. The molecule has 2 aromatic carbocycles. The van der Waals surface area contributed by atoms with Gasteiger partial charge in [0.15, 0.2) is 0 Å². The van der Waals surface area contributed by atoms with Crippen LogP contribution in [0, 0.1) is 5.82 Å². The highest BCUT2D eigenvalue weighted by Crippen LogP contribution is 2.37. The fraction of sp³-hybridized carbons (Fsp3) is 0.0556. The monoisotopic (exact) mass is 324 g/mol. The highest BCUT2D eigenvalue weighted by atomic mass is 32.1. The molecule has 0 aliphatic carbocycles. The number of thiophene rings is 1. The number of amides is 1. The molecule has 1 unspecified atom stereocenters.